The third-order valence-corrected chi connectivity index (χ3v) is 3.97. The summed E-state index contributed by atoms with van der Waals surface area (Å²) in [6.45, 7) is 4.46. The van der Waals surface area contributed by atoms with Crippen molar-refractivity contribution in [3.63, 3.8) is 0 Å². The fraction of sp³-hybridized carbons (Fsp3) is 0.278. The smallest absolute Gasteiger partial charge is 0.0616 e. The van der Waals surface area contributed by atoms with Crippen LogP contribution in [0.5, 0.6) is 0 Å². The Balaban J connectivity index is 1.91. The molecule has 0 aromatic carbocycles. The van der Waals surface area contributed by atoms with Gasteiger partial charge in [0.2, 0.25) is 0 Å². The highest BCUT2D eigenvalue weighted by molar-refractivity contribution is 5.55. The van der Waals surface area contributed by atoms with Gasteiger partial charge in [-0.3, -0.25) is 5.10 Å². The van der Waals surface area contributed by atoms with E-state index >= 15 is 0 Å². The lowest BCUT2D eigenvalue weighted by Crippen LogP contribution is -2.06. The lowest BCUT2D eigenvalue weighted by atomic mass is 9.85. The lowest BCUT2D eigenvalue weighted by Gasteiger charge is -2.17. The van der Waals surface area contributed by atoms with Gasteiger partial charge in [0.05, 0.1) is 11.9 Å². The molecule has 3 rings (SSSR count). The molecule has 0 saturated heterocycles. The summed E-state index contributed by atoms with van der Waals surface area (Å²) in [4.78, 5) is 0. The highest BCUT2D eigenvalue weighted by Gasteiger charge is 2.21. The molecule has 1 N–H and O–H groups in total. The van der Waals surface area contributed by atoms with Gasteiger partial charge in [0, 0.05) is 17.4 Å². The molecule has 0 saturated carbocycles. The van der Waals surface area contributed by atoms with Crippen LogP contribution < -0.4 is 0 Å². The van der Waals surface area contributed by atoms with E-state index in [1.165, 1.54) is 11.1 Å². The molecule has 2 heteroatoms. The number of aromatic amines is 1. The van der Waals surface area contributed by atoms with Crippen molar-refractivity contribution in [1.29, 1.82) is 0 Å². The van der Waals surface area contributed by atoms with Crippen molar-refractivity contribution in [2.45, 2.75) is 19.8 Å². The third kappa shape index (κ3) is 2.46. The zero-order valence-corrected chi connectivity index (χ0v) is 12.0. The second-order valence-electron chi connectivity index (χ2n) is 5.65. The summed E-state index contributed by atoms with van der Waals surface area (Å²) in [5.74, 6) is 1.27. The lowest BCUT2D eigenvalue weighted by molar-refractivity contribution is 0.706. The standard InChI is InChI=1S/C18H20N2/c1-13(2)14-6-5-7-15(11-10-14)16-8-3-4-9-18-17(16)12-19-20-18/h3-13,15-16H,1-2H3,(H,19,20). The van der Waals surface area contributed by atoms with Crippen LogP contribution in [0, 0.1) is 11.8 Å². The quantitative estimate of drug-likeness (QED) is 0.842. The molecule has 0 aliphatic heterocycles. The first kappa shape index (κ1) is 12.9. The average Bonchev–Trinajstić information content (AvgIpc) is 2.65. The molecule has 2 unspecified atom stereocenters. The molecule has 1 aromatic heterocycles. The van der Waals surface area contributed by atoms with Gasteiger partial charge in [-0.15, -0.1) is 0 Å². The van der Waals surface area contributed by atoms with Crippen molar-refractivity contribution in [3.8, 4) is 0 Å². The third-order valence-electron chi connectivity index (χ3n) is 3.97. The van der Waals surface area contributed by atoms with Gasteiger partial charge in [-0.25, -0.2) is 0 Å². The molecule has 0 radical (unpaired) electrons. The zero-order chi connectivity index (χ0) is 13.9. The summed E-state index contributed by atoms with van der Waals surface area (Å²) in [6, 6.07) is 0. The van der Waals surface area contributed by atoms with E-state index in [0.29, 0.717) is 17.8 Å². The maximum Gasteiger partial charge on any atom is 0.0616 e. The van der Waals surface area contributed by atoms with Crippen molar-refractivity contribution in [2.24, 2.45) is 11.8 Å². The molecule has 0 amide bonds. The van der Waals surface area contributed by atoms with Crippen LogP contribution in [-0.4, -0.2) is 10.2 Å². The summed E-state index contributed by atoms with van der Waals surface area (Å²) < 4.78 is 0. The minimum atomic E-state index is 0.339. The molecule has 1 aromatic rings. The Labute approximate surface area is 120 Å². The Morgan fingerprint density at radius 2 is 1.95 bits per heavy atom. The number of nitrogens with one attached hydrogen (secondary N) is 1. The Morgan fingerprint density at radius 1 is 1.05 bits per heavy atom. The molecular formula is C18H20N2. The van der Waals surface area contributed by atoms with Gasteiger partial charge < -0.3 is 0 Å². The van der Waals surface area contributed by atoms with Crippen molar-refractivity contribution in [1.82, 2.24) is 10.2 Å². The van der Waals surface area contributed by atoms with E-state index in [1.807, 2.05) is 6.20 Å². The minimum Gasteiger partial charge on any atom is -0.278 e. The van der Waals surface area contributed by atoms with Crippen LogP contribution in [0.4, 0.5) is 0 Å². The van der Waals surface area contributed by atoms with E-state index in [9.17, 15) is 0 Å². The molecule has 0 fully saturated rings. The first-order chi connectivity index (χ1) is 9.75. The number of H-pyrrole nitrogens is 1. The predicted molar refractivity (Wildman–Crippen MR) is 84.2 cm³/mol. The summed E-state index contributed by atoms with van der Waals surface area (Å²) in [7, 11) is 0. The van der Waals surface area contributed by atoms with Gasteiger partial charge in [0.1, 0.15) is 0 Å². The molecule has 2 aliphatic carbocycles. The van der Waals surface area contributed by atoms with E-state index in [2.05, 4.69) is 78.7 Å². The molecule has 2 aliphatic rings. The fourth-order valence-corrected chi connectivity index (χ4v) is 2.74. The van der Waals surface area contributed by atoms with E-state index < -0.39 is 0 Å². The molecule has 0 spiro atoms. The van der Waals surface area contributed by atoms with Gasteiger partial charge in [-0.05, 0) is 17.6 Å². The summed E-state index contributed by atoms with van der Waals surface area (Å²) in [6.07, 6.45) is 21.8. The van der Waals surface area contributed by atoms with Crippen LogP contribution in [-0.2, 0) is 0 Å². The van der Waals surface area contributed by atoms with Crippen LogP contribution >= 0.6 is 0 Å². The number of rotatable bonds is 2. The van der Waals surface area contributed by atoms with Crippen LogP contribution in [0.2, 0.25) is 0 Å². The highest BCUT2D eigenvalue weighted by atomic mass is 15.1. The highest BCUT2D eigenvalue weighted by Crippen LogP contribution is 2.33. The number of aromatic nitrogens is 2. The molecular weight excluding hydrogens is 244 g/mol. The average molecular weight is 264 g/mol. The van der Waals surface area contributed by atoms with Crippen molar-refractivity contribution in [2.75, 3.05) is 0 Å². The van der Waals surface area contributed by atoms with E-state index in [4.69, 9.17) is 0 Å². The van der Waals surface area contributed by atoms with Gasteiger partial charge in [-0.1, -0.05) is 62.5 Å². The van der Waals surface area contributed by atoms with Crippen LogP contribution in [0.3, 0.4) is 0 Å². The Bertz CT molecular complexity index is 624. The Hall–Kier alpha value is -2.09. The van der Waals surface area contributed by atoms with Crippen molar-refractivity contribution < 1.29 is 0 Å². The normalized spacial score (nSPS) is 24.4. The molecule has 2 atom stereocenters. The van der Waals surface area contributed by atoms with Crippen molar-refractivity contribution >= 4 is 6.08 Å². The predicted octanol–water partition coefficient (Wildman–Crippen LogP) is 4.40. The van der Waals surface area contributed by atoms with Crippen LogP contribution in [0.1, 0.15) is 31.0 Å². The minimum absolute atomic E-state index is 0.339. The number of hydrogen-bond donors (Lipinski definition) is 1. The number of allylic oxidation sites excluding steroid dienone is 9. The number of hydrogen-bond acceptors (Lipinski definition) is 1. The van der Waals surface area contributed by atoms with E-state index in [1.54, 1.807) is 0 Å². The Kier molecular flexibility index (Phi) is 3.55. The van der Waals surface area contributed by atoms with E-state index in [-0.39, 0.29) is 0 Å². The largest absolute Gasteiger partial charge is 0.278 e. The maximum absolute atomic E-state index is 4.19. The molecule has 20 heavy (non-hydrogen) atoms. The zero-order valence-electron chi connectivity index (χ0n) is 12.0. The monoisotopic (exact) mass is 264 g/mol. The molecule has 2 nitrogen and oxygen atoms in total. The molecule has 102 valence electrons. The number of fused-ring (bicyclic) bond motifs is 1. The summed E-state index contributed by atoms with van der Waals surface area (Å²) in [5.41, 5.74) is 3.76. The van der Waals surface area contributed by atoms with Crippen LogP contribution in [0.25, 0.3) is 6.08 Å². The summed E-state index contributed by atoms with van der Waals surface area (Å²) >= 11 is 0. The summed E-state index contributed by atoms with van der Waals surface area (Å²) in [5, 5.41) is 7.26. The maximum atomic E-state index is 4.19. The van der Waals surface area contributed by atoms with Crippen LogP contribution in [0.15, 0.2) is 60.4 Å². The van der Waals surface area contributed by atoms with Gasteiger partial charge in [-0.2, -0.15) is 5.10 Å². The van der Waals surface area contributed by atoms with Crippen molar-refractivity contribution in [3.05, 3.63) is 71.6 Å². The van der Waals surface area contributed by atoms with Gasteiger partial charge in [0.25, 0.3) is 0 Å². The SMILES string of the molecule is CC(C)C1=CC=CC(C2C=CC=Cc3[nH]ncc32)C=C1. The molecule has 1 heterocycles. The first-order valence-corrected chi connectivity index (χ1v) is 7.20. The second kappa shape index (κ2) is 5.49. The topological polar surface area (TPSA) is 28.7 Å². The van der Waals surface area contributed by atoms with Gasteiger partial charge in [0.15, 0.2) is 0 Å². The molecule has 0 bridgehead atoms. The Morgan fingerprint density at radius 3 is 2.80 bits per heavy atom. The van der Waals surface area contributed by atoms with E-state index in [0.717, 1.165) is 5.69 Å². The van der Waals surface area contributed by atoms with Gasteiger partial charge >= 0.3 is 0 Å². The first-order valence-electron chi connectivity index (χ1n) is 7.20. The fourth-order valence-electron chi connectivity index (χ4n) is 2.74. The number of nitrogens with zero attached hydrogens (tertiary/aromatic N) is 1. The second-order valence-corrected chi connectivity index (χ2v) is 5.65.